The molecular formula is C10H16O3. The number of hydrogen-bond acceptors (Lipinski definition) is 3. The minimum atomic E-state index is 0.0684. The molecule has 3 fully saturated rings. The highest BCUT2D eigenvalue weighted by Crippen LogP contribution is 2.41. The first-order chi connectivity index (χ1) is 6.43. The van der Waals surface area contributed by atoms with Gasteiger partial charge in [-0.2, -0.15) is 0 Å². The standard InChI is InChI=1S/C10H16O3/c1-4-11-10(12-5-1)7-2-3-8-9(6-7)13-8/h7-10H,1-6H2. The number of fused-ring (bicyclic) bond motifs is 1. The fraction of sp³-hybridized carbons (Fsp3) is 1.00. The highest BCUT2D eigenvalue weighted by atomic mass is 16.7. The van der Waals surface area contributed by atoms with Crippen LogP contribution in [0.15, 0.2) is 0 Å². The predicted octanol–water partition coefficient (Wildman–Crippen LogP) is 1.32. The molecule has 3 nitrogen and oxygen atoms in total. The lowest BCUT2D eigenvalue weighted by Crippen LogP contribution is -2.34. The van der Waals surface area contributed by atoms with Gasteiger partial charge in [0.1, 0.15) is 0 Å². The molecule has 0 N–H and O–H groups in total. The fourth-order valence-electron chi connectivity index (χ4n) is 2.46. The normalized spacial score (nSPS) is 45.7. The average molecular weight is 184 g/mol. The van der Waals surface area contributed by atoms with Crippen LogP contribution in [-0.2, 0) is 14.2 Å². The Morgan fingerprint density at radius 2 is 1.77 bits per heavy atom. The first-order valence-corrected chi connectivity index (χ1v) is 5.32. The number of epoxide rings is 1. The van der Waals surface area contributed by atoms with E-state index in [4.69, 9.17) is 14.2 Å². The van der Waals surface area contributed by atoms with E-state index >= 15 is 0 Å². The summed E-state index contributed by atoms with van der Waals surface area (Å²) >= 11 is 0. The largest absolute Gasteiger partial charge is 0.370 e. The van der Waals surface area contributed by atoms with Gasteiger partial charge in [-0.05, 0) is 25.7 Å². The zero-order valence-corrected chi connectivity index (χ0v) is 7.78. The van der Waals surface area contributed by atoms with Crippen LogP contribution in [0.1, 0.15) is 25.7 Å². The molecule has 0 aromatic rings. The molecule has 2 heterocycles. The van der Waals surface area contributed by atoms with Crippen LogP contribution in [0.4, 0.5) is 0 Å². The second-order valence-corrected chi connectivity index (χ2v) is 4.25. The van der Waals surface area contributed by atoms with E-state index in [2.05, 4.69) is 0 Å². The maximum atomic E-state index is 5.61. The Balaban J connectivity index is 1.57. The van der Waals surface area contributed by atoms with Gasteiger partial charge in [-0.1, -0.05) is 0 Å². The lowest BCUT2D eigenvalue weighted by Gasteiger charge is -2.31. The van der Waals surface area contributed by atoms with Gasteiger partial charge >= 0.3 is 0 Å². The van der Waals surface area contributed by atoms with E-state index in [0.29, 0.717) is 18.1 Å². The Labute approximate surface area is 78.3 Å². The number of ether oxygens (including phenoxy) is 3. The Morgan fingerprint density at radius 1 is 0.923 bits per heavy atom. The van der Waals surface area contributed by atoms with Crippen LogP contribution in [0.25, 0.3) is 0 Å². The minimum absolute atomic E-state index is 0.0684. The maximum Gasteiger partial charge on any atom is 0.160 e. The molecule has 74 valence electrons. The predicted molar refractivity (Wildman–Crippen MR) is 46.3 cm³/mol. The molecule has 2 aliphatic heterocycles. The molecule has 13 heavy (non-hydrogen) atoms. The van der Waals surface area contributed by atoms with Gasteiger partial charge in [0.05, 0.1) is 25.4 Å². The molecule has 0 aromatic carbocycles. The maximum absolute atomic E-state index is 5.61. The Morgan fingerprint density at radius 3 is 2.54 bits per heavy atom. The third kappa shape index (κ3) is 1.60. The minimum Gasteiger partial charge on any atom is -0.370 e. The van der Waals surface area contributed by atoms with Gasteiger partial charge in [-0.15, -0.1) is 0 Å². The first-order valence-electron chi connectivity index (χ1n) is 5.32. The third-order valence-corrected chi connectivity index (χ3v) is 3.28. The Hall–Kier alpha value is -0.120. The van der Waals surface area contributed by atoms with Crippen molar-refractivity contribution in [3.05, 3.63) is 0 Å². The second-order valence-electron chi connectivity index (χ2n) is 4.25. The van der Waals surface area contributed by atoms with Crippen molar-refractivity contribution >= 4 is 0 Å². The van der Waals surface area contributed by atoms with Gasteiger partial charge in [0.2, 0.25) is 0 Å². The van der Waals surface area contributed by atoms with Crippen LogP contribution in [0.5, 0.6) is 0 Å². The van der Waals surface area contributed by atoms with Crippen molar-refractivity contribution in [3.63, 3.8) is 0 Å². The van der Waals surface area contributed by atoms with E-state index in [9.17, 15) is 0 Å². The zero-order valence-electron chi connectivity index (χ0n) is 7.78. The quantitative estimate of drug-likeness (QED) is 0.576. The molecule has 1 saturated carbocycles. The SMILES string of the molecule is C1COC(C2CCC3OC3C2)OC1. The van der Waals surface area contributed by atoms with Crippen LogP contribution in [0.3, 0.4) is 0 Å². The molecule has 3 unspecified atom stereocenters. The highest BCUT2D eigenvalue weighted by molar-refractivity contribution is 4.92. The van der Waals surface area contributed by atoms with Gasteiger partial charge in [0, 0.05) is 5.92 Å². The van der Waals surface area contributed by atoms with E-state index in [-0.39, 0.29) is 6.29 Å². The van der Waals surface area contributed by atoms with E-state index in [1.807, 2.05) is 0 Å². The van der Waals surface area contributed by atoms with Gasteiger partial charge in [0.25, 0.3) is 0 Å². The topological polar surface area (TPSA) is 31.0 Å². The van der Waals surface area contributed by atoms with Crippen LogP contribution in [0.2, 0.25) is 0 Å². The van der Waals surface area contributed by atoms with Crippen molar-refractivity contribution in [2.45, 2.75) is 44.2 Å². The molecule has 3 rings (SSSR count). The summed E-state index contributed by atoms with van der Waals surface area (Å²) in [6, 6.07) is 0. The Kier molecular flexibility index (Phi) is 2.04. The summed E-state index contributed by atoms with van der Waals surface area (Å²) in [6.45, 7) is 1.74. The van der Waals surface area contributed by atoms with Crippen LogP contribution in [0, 0.1) is 5.92 Å². The molecule has 2 saturated heterocycles. The number of rotatable bonds is 1. The van der Waals surface area contributed by atoms with E-state index < -0.39 is 0 Å². The smallest absolute Gasteiger partial charge is 0.160 e. The number of hydrogen-bond donors (Lipinski definition) is 0. The van der Waals surface area contributed by atoms with Crippen LogP contribution in [-0.4, -0.2) is 31.7 Å². The molecule has 0 bridgehead atoms. The van der Waals surface area contributed by atoms with Crippen LogP contribution >= 0.6 is 0 Å². The summed E-state index contributed by atoms with van der Waals surface area (Å²) in [5.74, 6) is 0.587. The summed E-state index contributed by atoms with van der Waals surface area (Å²) in [7, 11) is 0. The fourth-order valence-corrected chi connectivity index (χ4v) is 2.46. The molecule has 3 atom stereocenters. The zero-order chi connectivity index (χ0) is 8.67. The molecule has 0 aromatic heterocycles. The van der Waals surface area contributed by atoms with E-state index in [1.165, 1.54) is 12.8 Å². The van der Waals surface area contributed by atoms with Crippen molar-refractivity contribution in [1.82, 2.24) is 0 Å². The van der Waals surface area contributed by atoms with E-state index in [0.717, 1.165) is 26.1 Å². The molecular weight excluding hydrogens is 168 g/mol. The molecule has 1 aliphatic carbocycles. The molecule has 3 aliphatic rings. The summed E-state index contributed by atoms with van der Waals surface area (Å²) < 4.78 is 16.7. The lowest BCUT2D eigenvalue weighted by molar-refractivity contribution is -0.208. The van der Waals surface area contributed by atoms with Crippen molar-refractivity contribution in [1.29, 1.82) is 0 Å². The summed E-state index contributed by atoms with van der Waals surface area (Å²) in [6.07, 6.45) is 5.80. The molecule has 0 amide bonds. The summed E-state index contributed by atoms with van der Waals surface area (Å²) in [4.78, 5) is 0. The Bertz CT molecular complexity index is 189. The van der Waals surface area contributed by atoms with Crippen molar-refractivity contribution in [2.24, 2.45) is 5.92 Å². The van der Waals surface area contributed by atoms with Crippen molar-refractivity contribution in [3.8, 4) is 0 Å². The molecule has 3 heteroatoms. The van der Waals surface area contributed by atoms with Gasteiger partial charge in [-0.3, -0.25) is 0 Å². The highest BCUT2D eigenvalue weighted by Gasteiger charge is 2.46. The van der Waals surface area contributed by atoms with Crippen molar-refractivity contribution < 1.29 is 14.2 Å². The average Bonchev–Trinajstić information content (AvgIpc) is 2.96. The van der Waals surface area contributed by atoms with Crippen molar-refractivity contribution in [2.75, 3.05) is 13.2 Å². The lowest BCUT2D eigenvalue weighted by atomic mass is 9.88. The first kappa shape index (κ1) is 8.21. The second kappa shape index (κ2) is 3.23. The molecule has 0 spiro atoms. The van der Waals surface area contributed by atoms with Gasteiger partial charge in [-0.25, -0.2) is 0 Å². The summed E-state index contributed by atoms with van der Waals surface area (Å²) in [5, 5.41) is 0. The van der Waals surface area contributed by atoms with Gasteiger partial charge in [0.15, 0.2) is 6.29 Å². The van der Waals surface area contributed by atoms with Gasteiger partial charge < -0.3 is 14.2 Å². The summed E-state index contributed by atoms with van der Waals surface area (Å²) in [5.41, 5.74) is 0. The van der Waals surface area contributed by atoms with Crippen LogP contribution < -0.4 is 0 Å². The third-order valence-electron chi connectivity index (χ3n) is 3.28. The monoisotopic (exact) mass is 184 g/mol. The van der Waals surface area contributed by atoms with E-state index in [1.54, 1.807) is 0 Å². The molecule has 0 radical (unpaired) electrons.